The summed E-state index contributed by atoms with van der Waals surface area (Å²) in [5.41, 5.74) is 8.07. The molecule has 0 aliphatic rings. The summed E-state index contributed by atoms with van der Waals surface area (Å²) in [5, 5.41) is 0. The smallest absolute Gasteiger partial charge is 0.237 e. The van der Waals surface area contributed by atoms with Crippen molar-refractivity contribution in [3.05, 3.63) is 48.0 Å². The zero-order valence-electron chi connectivity index (χ0n) is 12.5. The number of aldehydes is 1. The molecule has 1 aromatic heterocycles. The lowest BCUT2D eigenvalue weighted by Gasteiger charge is -2.08. The van der Waals surface area contributed by atoms with Crippen LogP contribution in [0.3, 0.4) is 0 Å². The van der Waals surface area contributed by atoms with Crippen LogP contribution in [-0.4, -0.2) is 28.9 Å². The molecule has 116 valence electrons. The van der Waals surface area contributed by atoms with Crippen molar-refractivity contribution in [1.82, 2.24) is 9.55 Å². The summed E-state index contributed by atoms with van der Waals surface area (Å²) in [6.07, 6.45) is 0.762. The monoisotopic (exact) mass is 309 g/mol. The van der Waals surface area contributed by atoms with Gasteiger partial charge in [-0.1, -0.05) is 12.1 Å². The fraction of sp³-hybridized carbons (Fsp3) is 0.118. The molecule has 0 aliphatic heterocycles. The van der Waals surface area contributed by atoms with Crippen LogP contribution < -0.4 is 10.5 Å². The van der Waals surface area contributed by atoms with E-state index >= 15 is 0 Å². The van der Waals surface area contributed by atoms with Crippen molar-refractivity contribution in [2.75, 3.05) is 7.11 Å². The first-order valence-electron chi connectivity index (χ1n) is 7.00. The molecule has 0 bridgehead atoms. The lowest BCUT2D eigenvalue weighted by atomic mass is 10.2. The molecule has 0 aliphatic carbocycles. The van der Waals surface area contributed by atoms with E-state index < -0.39 is 5.91 Å². The Balaban J connectivity index is 2.24. The Hall–Kier alpha value is -3.15. The van der Waals surface area contributed by atoms with Gasteiger partial charge < -0.3 is 15.0 Å². The van der Waals surface area contributed by atoms with Crippen LogP contribution in [0.2, 0.25) is 0 Å². The molecule has 2 N–H and O–H groups in total. The average molecular weight is 309 g/mol. The standard InChI is InChI=1S/C17H15N3O3/c1-23-13-4-2-3-12(8-13)17-19-14-7-11(10-21)5-6-15(14)20(17)9-16(18)22/h2-8,10H,9H2,1H3,(H2,18,22). The number of rotatable bonds is 5. The first-order chi connectivity index (χ1) is 11.1. The summed E-state index contributed by atoms with van der Waals surface area (Å²) in [4.78, 5) is 26.9. The molecule has 0 unspecified atom stereocenters. The molecule has 0 saturated carbocycles. The maximum atomic E-state index is 11.4. The number of hydrogen-bond acceptors (Lipinski definition) is 4. The summed E-state index contributed by atoms with van der Waals surface area (Å²) < 4.78 is 6.97. The van der Waals surface area contributed by atoms with E-state index in [1.165, 1.54) is 0 Å². The number of amides is 1. The van der Waals surface area contributed by atoms with Gasteiger partial charge >= 0.3 is 0 Å². The van der Waals surface area contributed by atoms with Crippen molar-refractivity contribution in [2.24, 2.45) is 5.73 Å². The van der Waals surface area contributed by atoms with Gasteiger partial charge in [0.1, 0.15) is 24.4 Å². The minimum Gasteiger partial charge on any atom is -0.497 e. The van der Waals surface area contributed by atoms with Crippen molar-refractivity contribution < 1.29 is 14.3 Å². The fourth-order valence-electron chi connectivity index (χ4n) is 2.52. The van der Waals surface area contributed by atoms with Gasteiger partial charge in [-0.15, -0.1) is 0 Å². The minimum absolute atomic E-state index is 0.00345. The maximum absolute atomic E-state index is 11.4. The van der Waals surface area contributed by atoms with Gasteiger partial charge in [0.15, 0.2) is 0 Å². The summed E-state index contributed by atoms with van der Waals surface area (Å²) in [7, 11) is 1.59. The van der Waals surface area contributed by atoms with Crippen LogP contribution in [0, 0.1) is 0 Å². The zero-order chi connectivity index (χ0) is 16.4. The minimum atomic E-state index is -0.465. The van der Waals surface area contributed by atoms with E-state index in [1.54, 1.807) is 29.9 Å². The van der Waals surface area contributed by atoms with E-state index in [1.807, 2.05) is 24.3 Å². The highest BCUT2D eigenvalue weighted by molar-refractivity contribution is 5.88. The van der Waals surface area contributed by atoms with Crippen LogP contribution in [0.15, 0.2) is 42.5 Å². The molecular weight excluding hydrogens is 294 g/mol. The maximum Gasteiger partial charge on any atom is 0.237 e. The molecule has 0 radical (unpaired) electrons. The number of imidazole rings is 1. The number of benzene rings is 2. The third kappa shape index (κ3) is 2.78. The summed E-state index contributed by atoms with van der Waals surface area (Å²) in [6.45, 7) is 0.00345. The Kier molecular flexibility index (Phi) is 3.80. The number of hydrogen-bond donors (Lipinski definition) is 1. The molecule has 23 heavy (non-hydrogen) atoms. The number of carbonyl (C=O) groups excluding carboxylic acids is 2. The SMILES string of the molecule is COc1cccc(-c2nc3cc(C=O)ccc3n2CC(N)=O)c1. The number of primary amides is 1. The second kappa shape index (κ2) is 5.92. The van der Waals surface area contributed by atoms with E-state index in [0.717, 1.165) is 17.4 Å². The van der Waals surface area contributed by atoms with Crippen LogP contribution in [0.1, 0.15) is 10.4 Å². The van der Waals surface area contributed by atoms with Gasteiger partial charge in [-0.3, -0.25) is 9.59 Å². The average Bonchev–Trinajstić information content (AvgIpc) is 2.92. The molecule has 6 nitrogen and oxygen atoms in total. The first-order valence-corrected chi connectivity index (χ1v) is 7.00. The number of nitrogens with zero attached hydrogens (tertiary/aromatic N) is 2. The van der Waals surface area contributed by atoms with Crippen LogP contribution in [0.25, 0.3) is 22.4 Å². The number of fused-ring (bicyclic) bond motifs is 1. The van der Waals surface area contributed by atoms with Gasteiger partial charge in [-0.25, -0.2) is 4.98 Å². The third-order valence-corrected chi connectivity index (χ3v) is 3.55. The highest BCUT2D eigenvalue weighted by Gasteiger charge is 2.15. The van der Waals surface area contributed by atoms with Gasteiger partial charge in [0.25, 0.3) is 0 Å². The Morgan fingerprint density at radius 1 is 1.30 bits per heavy atom. The molecule has 0 atom stereocenters. The van der Waals surface area contributed by atoms with Crippen LogP contribution in [0.5, 0.6) is 5.75 Å². The Labute approximate surface area is 132 Å². The van der Waals surface area contributed by atoms with E-state index in [-0.39, 0.29) is 6.54 Å². The van der Waals surface area contributed by atoms with E-state index in [9.17, 15) is 9.59 Å². The Morgan fingerprint density at radius 2 is 2.13 bits per heavy atom. The van der Waals surface area contributed by atoms with E-state index in [4.69, 9.17) is 10.5 Å². The van der Waals surface area contributed by atoms with Crippen molar-refractivity contribution in [3.63, 3.8) is 0 Å². The first kappa shape index (κ1) is 14.8. The molecule has 0 fully saturated rings. The molecule has 3 rings (SSSR count). The van der Waals surface area contributed by atoms with Crippen LogP contribution in [0.4, 0.5) is 0 Å². The second-order valence-corrected chi connectivity index (χ2v) is 5.09. The quantitative estimate of drug-likeness (QED) is 0.730. The molecule has 0 spiro atoms. The normalized spacial score (nSPS) is 10.7. The molecule has 6 heteroatoms. The third-order valence-electron chi connectivity index (χ3n) is 3.55. The lowest BCUT2D eigenvalue weighted by Crippen LogP contribution is -2.19. The summed E-state index contributed by atoms with van der Waals surface area (Å²) in [5.74, 6) is 0.822. The number of nitrogens with two attached hydrogens (primary N) is 1. The topological polar surface area (TPSA) is 87.2 Å². The zero-order valence-corrected chi connectivity index (χ0v) is 12.5. The number of aromatic nitrogens is 2. The van der Waals surface area contributed by atoms with Crippen molar-refractivity contribution >= 4 is 23.2 Å². The van der Waals surface area contributed by atoms with Gasteiger partial charge in [0.05, 0.1) is 18.1 Å². The largest absolute Gasteiger partial charge is 0.497 e. The number of ether oxygens (including phenoxy) is 1. The van der Waals surface area contributed by atoms with Crippen molar-refractivity contribution in [3.8, 4) is 17.1 Å². The highest BCUT2D eigenvalue weighted by atomic mass is 16.5. The molecule has 1 amide bonds. The predicted molar refractivity (Wildman–Crippen MR) is 86.3 cm³/mol. The number of carbonyl (C=O) groups is 2. The second-order valence-electron chi connectivity index (χ2n) is 5.09. The van der Waals surface area contributed by atoms with Gasteiger partial charge in [-0.2, -0.15) is 0 Å². The summed E-state index contributed by atoms with van der Waals surface area (Å²) in [6, 6.07) is 12.5. The van der Waals surface area contributed by atoms with Gasteiger partial charge in [0.2, 0.25) is 5.91 Å². The van der Waals surface area contributed by atoms with Crippen LogP contribution >= 0.6 is 0 Å². The van der Waals surface area contributed by atoms with E-state index in [2.05, 4.69) is 4.98 Å². The molecule has 3 aromatic rings. The molecule has 2 aromatic carbocycles. The van der Waals surface area contributed by atoms with Gasteiger partial charge in [0, 0.05) is 11.1 Å². The number of methoxy groups -OCH3 is 1. The Bertz CT molecular complexity index is 899. The lowest BCUT2D eigenvalue weighted by molar-refractivity contribution is -0.118. The molecular formula is C17H15N3O3. The van der Waals surface area contributed by atoms with Crippen molar-refractivity contribution in [2.45, 2.75) is 6.54 Å². The fourth-order valence-corrected chi connectivity index (χ4v) is 2.52. The Morgan fingerprint density at radius 3 is 2.83 bits per heavy atom. The highest BCUT2D eigenvalue weighted by Crippen LogP contribution is 2.27. The van der Waals surface area contributed by atoms with Crippen LogP contribution in [-0.2, 0) is 11.3 Å². The predicted octanol–water partition coefficient (Wildman–Crippen LogP) is 2.01. The molecule has 0 saturated heterocycles. The molecule has 1 heterocycles. The van der Waals surface area contributed by atoms with Crippen molar-refractivity contribution in [1.29, 1.82) is 0 Å². The van der Waals surface area contributed by atoms with Gasteiger partial charge in [-0.05, 0) is 30.3 Å². The van der Waals surface area contributed by atoms with E-state index in [0.29, 0.717) is 22.7 Å². The summed E-state index contributed by atoms with van der Waals surface area (Å²) >= 11 is 0.